The highest BCUT2D eigenvalue weighted by atomic mass is 19.1. The zero-order valence-corrected chi connectivity index (χ0v) is 7.88. The molecule has 0 radical (unpaired) electrons. The molecule has 0 amide bonds. The van der Waals surface area contributed by atoms with Crippen LogP contribution in [0.5, 0.6) is 5.75 Å². The minimum absolute atomic E-state index is 0.0151. The van der Waals surface area contributed by atoms with Gasteiger partial charge in [0.05, 0.1) is 5.69 Å². The van der Waals surface area contributed by atoms with Crippen LogP contribution in [0.3, 0.4) is 0 Å². The summed E-state index contributed by atoms with van der Waals surface area (Å²) >= 11 is 0. The molecule has 0 unspecified atom stereocenters. The minimum atomic E-state index is -1.33. The SMILES string of the molecule is CC(C)(F)COc1ccccc1N. The molecule has 0 aromatic heterocycles. The fourth-order valence-corrected chi connectivity index (χ4v) is 0.861. The normalized spacial score (nSPS) is 11.3. The maximum Gasteiger partial charge on any atom is 0.142 e. The van der Waals surface area contributed by atoms with Gasteiger partial charge in [-0.15, -0.1) is 0 Å². The first kappa shape index (κ1) is 9.84. The van der Waals surface area contributed by atoms with Crippen LogP contribution in [0.4, 0.5) is 10.1 Å². The van der Waals surface area contributed by atoms with Gasteiger partial charge in [0.15, 0.2) is 0 Å². The molecule has 13 heavy (non-hydrogen) atoms. The average molecular weight is 183 g/mol. The van der Waals surface area contributed by atoms with Gasteiger partial charge in [0.25, 0.3) is 0 Å². The Hall–Kier alpha value is -1.25. The number of ether oxygens (including phenoxy) is 1. The molecule has 0 atom stereocenters. The van der Waals surface area contributed by atoms with E-state index >= 15 is 0 Å². The van der Waals surface area contributed by atoms with Crippen molar-refractivity contribution in [3.8, 4) is 5.75 Å². The van der Waals surface area contributed by atoms with E-state index in [-0.39, 0.29) is 6.61 Å². The number of benzene rings is 1. The van der Waals surface area contributed by atoms with Gasteiger partial charge in [-0.2, -0.15) is 0 Å². The lowest BCUT2D eigenvalue weighted by atomic mass is 10.2. The fraction of sp³-hybridized carbons (Fsp3) is 0.400. The summed E-state index contributed by atoms with van der Waals surface area (Å²) in [5.41, 5.74) is 4.81. The van der Waals surface area contributed by atoms with Crippen molar-refractivity contribution >= 4 is 5.69 Å². The van der Waals surface area contributed by atoms with E-state index in [2.05, 4.69) is 0 Å². The maximum atomic E-state index is 13.0. The van der Waals surface area contributed by atoms with E-state index in [1.54, 1.807) is 18.2 Å². The summed E-state index contributed by atoms with van der Waals surface area (Å²) in [6, 6.07) is 7.06. The molecule has 0 saturated carbocycles. The van der Waals surface area contributed by atoms with E-state index in [1.165, 1.54) is 13.8 Å². The second-order valence-corrected chi connectivity index (χ2v) is 3.55. The minimum Gasteiger partial charge on any atom is -0.488 e. The largest absolute Gasteiger partial charge is 0.488 e. The summed E-state index contributed by atoms with van der Waals surface area (Å²) < 4.78 is 18.2. The molecule has 3 heteroatoms. The molecule has 2 nitrogen and oxygen atoms in total. The number of hydrogen-bond acceptors (Lipinski definition) is 2. The van der Waals surface area contributed by atoms with E-state index in [0.29, 0.717) is 11.4 Å². The van der Waals surface area contributed by atoms with Crippen LogP contribution in [-0.2, 0) is 0 Å². The van der Waals surface area contributed by atoms with E-state index < -0.39 is 5.67 Å². The van der Waals surface area contributed by atoms with Crippen LogP contribution in [0.1, 0.15) is 13.8 Å². The lowest BCUT2D eigenvalue weighted by Gasteiger charge is -2.15. The maximum absolute atomic E-state index is 13.0. The van der Waals surface area contributed by atoms with E-state index in [0.717, 1.165) is 0 Å². The average Bonchev–Trinajstić information content (AvgIpc) is 2.01. The number of halogens is 1. The van der Waals surface area contributed by atoms with Gasteiger partial charge < -0.3 is 10.5 Å². The number of alkyl halides is 1. The first-order chi connectivity index (χ1) is 5.99. The molecule has 0 saturated heterocycles. The van der Waals surface area contributed by atoms with Crippen LogP contribution in [0.25, 0.3) is 0 Å². The quantitative estimate of drug-likeness (QED) is 0.730. The number of hydrogen-bond donors (Lipinski definition) is 1. The number of para-hydroxylation sites is 2. The molecule has 0 bridgehead atoms. The Morgan fingerprint density at radius 1 is 1.38 bits per heavy atom. The van der Waals surface area contributed by atoms with Gasteiger partial charge in [-0.1, -0.05) is 12.1 Å². The van der Waals surface area contributed by atoms with E-state index in [4.69, 9.17) is 10.5 Å². The molecular formula is C10H14FNO. The molecule has 1 rings (SSSR count). The topological polar surface area (TPSA) is 35.2 Å². The van der Waals surface area contributed by atoms with Gasteiger partial charge in [-0.25, -0.2) is 4.39 Å². The number of anilines is 1. The first-order valence-electron chi connectivity index (χ1n) is 4.15. The second-order valence-electron chi connectivity index (χ2n) is 3.55. The molecule has 0 aliphatic heterocycles. The van der Waals surface area contributed by atoms with Crippen LogP contribution in [-0.4, -0.2) is 12.3 Å². The van der Waals surface area contributed by atoms with Gasteiger partial charge in [0, 0.05) is 0 Å². The third kappa shape index (κ3) is 3.32. The van der Waals surface area contributed by atoms with Gasteiger partial charge in [-0.05, 0) is 26.0 Å². The number of rotatable bonds is 3. The molecule has 0 heterocycles. The Balaban J connectivity index is 2.60. The van der Waals surface area contributed by atoms with Crippen LogP contribution in [0.2, 0.25) is 0 Å². The standard InChI is InChI=1S/C10H14FNO/c1-10(2,11)7-13-9-6-4-3-5-8(9)12/h3-6H,7,12H2,1-2H3. The molecule has 72 valence electrons. The predicted molar refractivity (Wildman–Crippen MR) is 51.5 cm³/mol. The highest BCUT2D eigenvalue weighted by Crippen LogP contribution is 2.21. The first-order valence-corrected chi connectivity index (χ1v) is 4.15. The van der Waals surface area contributed by atoms with Crippen LogP contribution < -0.4 is 10.5 Å². The summed E-state index contributed by atoms with van der Waals surface area (Å²) in [5.74, 6) is 0.535. The molecule has 0 aliphatic rings. The molecule has 0 spiro atoms. The zero-order valence-electron chi connectivity index (χ0n) is 7.88. The lowest BCUT2D eigenvalue weighted by molar-refractivity contribution is 0.121. The molecule has 1 aromatic carbocycles. The predicted octanol–water partition coefficient (Wildman–Crippen LogP) is 2.40. The van der Waals surface area contributed by atoms with E-state index in [1.807, 2.05) is 6.07 Å². The summed E-state index contributed by atoms with van der Waals surface area (Å²) in [7, 11) is 0. The smallest absolute Gasteiger partial charge is 0.142 e. The summed E-state index contributed by atoms with van der Waals surface area (Å²) in [6.45, 7) is 2.94. The van der Waals surface area contributed by atoms with E-state index in [9.17, 15) is 4.39 Å². The van der Waals surface area contributed by atoms with Gasteiger partial charge in [-0.3, -0.25) is 0 Å². The molecule has 1 aromatic rings. The van der Waals surface area contributed by atoms with Crippen molar-refractivity contribution in [2.45, 2.75) is 19.5 Å². The van der Waals surface area contributed by atoms with Crippen molar-refractivity contribution in [1.29, 1.82) is 0 Å². The fourth-order valence-electron chi connectivity index (χ4n) is 0.861. The van der Waals surface area contributed by atoms with Crippen molar-refractivity contribution in [1.82, 2.24) is 0 Å². The van der Waals surface area contributed by atoms with Crippen LogP contribution in [0, 0.1) is 0 Å². The van der Waals surface area contributed by atoms with Gasteiger partial charge >= 0.3 is 0 Å². The van der Waals surface area contributed by atoms with Crippen LogP contribution in [0.15, 0.2) is 24.3 Å². The van der Waals surface area contributed by atoms with Crippen molar-refractivity contribution in [2.24, 2.45) is 0 Å². The third-order valence-corrected chi connectivity index (χ3v) is 1.49. The molecule has 0 fully saturated rings. The molecular weight excluding hydrogens is 169 g/mol. The van der Waals surface area contributed by atoms with Gasteiger partial charge in [0.2, 0.25) is 0 Å². The third-order valence-electron chi connectivity index (χ3n) is 1.49. The lowest BCUT2D eigenvalue weighted by Crippen LogP contribution is -2.22. The van der Waals surface area contributed by atoms with Gasteiger partial charge in [0.1, 0.15) is 18.0 Å². The Kier molecular flexibility index (Phi) is 2.76. The Bertz CT molecular complexity index is 280. The summed E-state index contributed by atoms with van der Waals surface area (Å²) in [6.07, 6.45) is 0. The second kappa shape index (κ2) is 3.64. The van der Waals surface area contributed by atoms with Crippen molar-refractivity contribution in [3.63, 3.8) is 0 Å². The Morgan fingerprint density at radius 2 is 2.00 bits per heavy atom. The molecule has 2 N–H and O–H groups in total. The summed E-state index contributed by atoms with van der Waals surface area (Å²) in [4.78, 5) is 0. The number of nitrogens with two attached hydrogens (primary N) is 1. The van der Waals surface area contributed by atoms with Crippen molar-refractivity contribution in [2.75, 3.05) is 12.3 Å². The summed E-state index contributed by atoms with van der Waals surface area (Å²) in [5, 5.41) is 0. The molecule has 0 aliphatic carbocycles. The number of nitrogen functional groups attached to an aromatic ring is 1. The van der Waals surface area contributed by atoms with Crippen LogP contribution >= 0.6 is 0 Å². The highest BCUT2D eigenvalue weighted by molar-refractivity contribution is 5.51. The Morgan fingerprint density at radius 3 is 2.54 bits per heavy atom. The Labute approximate surface area is 77.5 Å². The van der Waals surface area contributed by atoms with Crippen molar-refractivity contribution in [3.05, 3.63) is 24.3 Å². The van der Waals surface area contributed by atoms with Crippen molar-refractivity contribution < 1.29 is 9.13 Å². The highest BCUT2D eigenvalue weighted by Gasteiger charge is 2.16. The monoisotopic (exact) mass is 183 g/mol. The zero-order chi connectivity index (χ0) is 9.90.